The summed E-state index contributed by atoms with van der Waals surface area (Å²) in [6.45, 7) is 2.84. The third-order valence-corrected chi connectivity index (χ3v) is 7.87. The molecule has 190 valence electrons. The number of aliphatic hydroxyl groups excluding tert-OH is 2. The number of fused-ring (bicyclic) bond motifs is 3. The van der Waals surface area contributed by atoms with Crippen LogP contribution in [0.5, 0.6) is 5.75 Å². The van der Waals surface area contributed by atoms with Crippen molar-refractivity contribution in [2.75, 3.05) is 0 Å². The van der Waals surface area contributed by atoms with Crippen LogP contribution in [0.2, 0.25) is 0 Å². The summed E-state index contributed by atoms with van der Waals surface area (Å²) in [5, 5.41) is 43.6. The van der Waals surface area contributed by atoms with Crippen LogP contribution >= 0.6 is 0 Å². The molecule has 2 aromatic carbocycles. The Hall–Kier alpha value is -4.04. The highest BCUT2D eigenvalue weighted by Gasteiger charge is 2.59. The summed E-state index contributed by atoms with van der Waals surface area (Å²) in [4.78, 5) is 51.1. The first kappa shape index (κ1) is 24.6. The van der Waals surface area contributed by atoms with E-state index in [1.807, 2.05) is 0 Å². The number of rotatable bonds is 4. The summed E-state index contributed by atoms with van der Waals surface area (Å²) in [5.41, 5.74) is -0.934. The molecule has 0 unspecified atom stereocenters. The zero-order valence-corrected chi connectivity index (χ0v) is 20.4. The van der Waals surface area contributed by atoms with Crippen LogP contribution in [-0.4, -0.2) is 49.2 Å². The molecule has 0 bridgehead atoms. The number of benzene rings is 2. The lowest BCUT2D eigenvalue weighted by Crippen LogP contribution is -2.56. The molecule has 0 aromatic heterocycles. The Morgan fingerprint density at radius 1 is 1.05 bits per heavy atom. The molecule has 2 aromatic rings. The number of allylic oxidation sites excluding steroid dienone is 2. The Bertz CT molecular complexity index is 1480. The van der Waals surface area contributed by atoms with Gasteiger partial charge < -0.3 is 20.4 Å². The number of carbonyl (C=O) groups is 4. The Balaban J connectivity index is 1.66. The summed E-state index contributed by atoms with van der Waals surface area (Å²) >= 11 is 0. The largest absolute Gasteiger partial charge is 0.511 e. The highest BCUT2D eigenvalue weighted by Crippen LogP contribution is 2.52. The van der Waals surface area contributed by atoms with E-state index in [0.29, 0.717) is 28.7 Å². The van der Waals surface area contributed by atoms with Gasteiger partial charge in [-0.2, -0.15) is 0 Å². The van der Waals surface area contributed by atoms with Gasteiger partial charge in [-0.25, -0.2) is 0 Å². The molecule has 0 radical (unpaired) electrons. The molecule has 0 fully saturated rings. The van der Waals surface area contributed by atoms with Gasteiger partial charge in [0.2, 0.25) is 5.78 Å². The van der Waals surface area contributed by atoms with Crippen molar-refractivity contribution in [1.29, 1.82) is 0 Å². The standard InChI is InChI=1S/C29H26O8/c1-3-20(31)15-6-4-5-14(9-15)18-7-8-21(32)25-19(18)11-16-10-17-12-22(33)23(13(2)30)27(35)29(17,37)28(36)24(16)26(25)34/h4-9,16-17,32-33,36-37H,3,10-12H2,1-2H3/t16-,17+,29-/m1/s1. The lowest BCUT2D eigenvalue weighted by molar-refractivity contribution is -0.144. The van der Waals surface area contributed by atoms with Gasteiger partial charge in [0.25, 0.3) is 0 Å². The average molecular weight is 503 g/mol. The fraction of sp³-hybridized carbons (Fsp3) is 0.310. The minimum Gasteiger partial charge on any atom is -0.511 e. The van der Waals surface area contributed by atoms with E-state index < -0.39 is 51.9 Å². The maximum absolute atomic E-state index is 13.7. The molecule has 0 saturated heterocycles. The smallest absolute Gasteiger partial charge is 0.209 e. The van der Waals surface area contributed by atoms with Crippen LogP contribution in [-0.2, 0) is 16.0 Å². The molecule has 0 amide bonds. The molecule has 0 saturated carbocycles. The van der Waals surface area contributed by atoms with Crippen LogP contribution in [0.4, 0.5) is 0 Å². The van der Waals surface area contributed by atoms with Gasteiger partial charge in [0.05, 0.1) is 5.56 Å². The van der Waals surface area contributed by atoms with Crippen molar-refractivity contribution in [2.24, 2.45) is 11.8 Å². The quantitative estimate of drug-likeness (QED) is 0.363. The number of phenolic OH excluding ortho intramolecular Hbond substituents is 1. The molecule has 5 rings (SSSR count). The SMILES string of the molecule is CCC(=O)c1cccc(-c2ccc(O)c3c2C[C@H]2C[C@H]4CC(O)=C(C(C)=O)C(=O)[C@@]4(O)C(O)=C2C3=O)c1. The third kappa shape index (κ3) is 3.47. The van der Waals surface area contributed by atoms with E-state index in [1.54, 1.807) is 37.3 Å². The first-order valence-corrected chi connectivity index (χ1v) is 12.2. The van der Waals surface area contributed by atoms with Crippen LogP contribution in [0, 0.1) is 11.8 Å². The average Bonchev–Trinajstić information content (AvgIpc) is 2.85. The van der Waals surface area contributed by atoms with Gasteiger partial charge in [-0.1, -0.05) is 31.2 Å². The predicted molar refractivity (Wildman–Crippen MR) is 132 cm³/mol. The Morgan fingerprint density at radius 2 is 1.78 bits per heavy atom. The normalized spacial score (nSPS) is 24.9. The van der Waals surface area contributed by atoms with Gasteiger partial charge in [-0.3, -0.25) is 19.2 Å². The summed E-state index contributed by atoms with van der Waals surface area (Å²) in [6, 6.07) is 10.0. The number of ketones is 4. The molecular weight excluding hydrogens is 476 g/mol. The summed E-state index contributed by atoms with van der Waals surface area (Å²) in [5.74, 6) is -5.77. The van der Waals surface area contributed by atoms with Crippen molar-refractivity contribution in [1.82, 2.24) is 0 Å². The van der Waals surface area contributed by atoms with E-state index in [4.69, 9.17) is 0 Å². The van der Waals surface area contributed by atoms with Crippen LogP contribution in [0.15, 0.2) is 59.1 Å². The second-order valence-electron chi connectivity index (χ2n) is 9.95. The molecular formula is C29H26O8. The lowest BCUT2D eigenvalue weighted by Gasteiger charge is -2.45. The number of carbonyl (C=O) groups excluding carboxylic acids is 4. The van der Waals surface area contributed by atoms with Crippen LogP contribution < -0.4 is 0 Å². The van der Waals surface area contributed by atoms with E-state index in [9.17, 15) is 39.6 Å². The van der Waals surface area contributed by atoms with Gasteiger partial charge in [-0.05, 0) is 54.5 Å². The number of hydrogen-bond donors (Lipinski definition) is 4. The highest BCUT2D eigenvalue weighted by atomic mass is 16.3. The van der Waals surface area contributed by atoms with Crippen molar-refractivity contribution >= 4 is 23.1 Å². The van der Waals surface area contributed by atoms with E-state index in [2.05, 4.69) is 0 Å². The molecule has 4 N–H and O–H groups in total. The number of aliphatic hydroxyl groups is 3. The summed E-state index contributed by atoms with van der Waals surface area (Å²) < 4.78 is 0. The van der Waals surface area contributed by atoms with Crippen molar-refractivity contribution in [2.45, 2.75) is 45.1 Å². The van der Waals surface area contributed by atoms with E-state index in [0.717, 1.165) is 6.92 Å². The van der Waals surface area contributed by atoms with Crippen LogP contribution in [0.25, 0.3) is 11.1 Å². The van der Waals surface area contributed by atoms with Crippen molar-refractivity contribution in [3.63, 3.8) is 0 Å². The molecule has 3 atom stereocenters. The number of phenols is 1. The first-order chi connectivity index (χ1) is 17.5. The van der Waals surface area contributed by atoms with Gasteiger partial charge in [0.1, 0.15) is 22.8 Å². The van der Waals surface area contributed by atoms with Gasteiger partial charge >= 0.3 is 0 Å². The maximum Gasteiger partial charge on any atom is 0.209 e. The van der Waals surface area contributed by atoms with Gasteiger partial charge in [-0.15, -0.1) is 0 Å². The maximum atomic E-state index is 13.7. The predicted octanol–water partition coefficient (Wildman–Crippen LogP) is 3.94. The second kappa shape index (κ2) is 8.52. The van der Waals surface area contributed by atoms with Crippen molar-refractivity contribution < 1.29 is 39.6 Å². The zero-order chi connectivity index (χ0) is 26.8. The van der Waals surface area contributed by atoms with Crippen LogP contribution in [0.1, 0.15) is 59.4 Å². The number of hydrogen-bond acceptors (Lipinski definition) is 8. The molecule has 8 heteroatoms. The zero-order valence-electron chi connectivity index (χ0n) is 20.4. The fourth-order valence-electron chi connectivity index (χ4n) is 6.06. The molecule has 0 spiro atoms. The van der Waals surface area contributed by atoms with Crippen molar-refractivity contribution in [3.05, 3.63) is 75.8 Å². The first-order valence-electron chi connectivity index (χ1n) is 12.2. The molecule has 3 aliphatic carbocycles. The Morgan fingerprint density at radius 3 is 2.46 bits per heavy atom. The number of aromatic hydroxyl groups is 1. The third-order valence-electron chi connectivity index (χ3n) is 7.87. The van der Waals surface area contributed by atoms with E-state index in [1.165, 1.54) is 6.07 Å². The Labute approximate surface area is 212 Å². The molecule has 37 heavy (non-hydrogen) atoms. The summed E-state index contributed by atoms with van der Waals surface area (Å²) in [6.07, 6.45) is 0.424. The molecule has 0 heterocycles. The second-order valence-corrected chi connectivity index (χ2v) is 9.95. The monoisotopic (exact) mass is 502 g/mol. The topological polar surface area (TPSA) is 149 Å². The Kier molecular flexibility index (Phi) is 5.68. The van der Waals surface area contributed by atoms with Crippen molar-refractivity contribution in [3.8, 4) is 16.9 Å². The summed E-state index contributed by atoms with van der Waals surface area (Å²) in [7, 11) is 0. The molecule has 0 aliphatic heterocycles. The fourth-order valence-corrected chi connectivity index (χ4v) is 6.06. The van der Waals surface area contributed by atoms with Gasteiger partial charge in [0.15, 0.2) is 23.0 Å². The lowest BCUT2D eigenvalue weighted by atomic mass is 9.60. The number of Topliss-reactive ketones (excluding diaryl/α,β-unsaturated/α-hetero) is 4. The molecule has 8 nitrogen and oxygen atoms in total. The minimum absolute atomic E-state index is 0.0351. The minimum atomic E-state index is -2.52. The van der Waals surface area contributed by atoms with Gasteiger partial charge in [0, 0.05) is 29.9 Å². The van der Waals surface area contributed by atoms with E-state index in [-0.39, 0.29) is 41.9 Å². The molecule has 3 aliphatic rings. The van der Waals surface area contributed by atoms with E-state index >= 15 is 0 Å². The highest BCUT2D eigenvalue weighted by molar-refractivity contribution is 6.25. The van der Waals surface area contributed by atoms with Crippen LogP contribution in [0.3, 0.4) is 0 Å².